The van der Waals surface area contributed by atoms with Gasteiger partial charge in [-0.1, -0.05) is 6.92 Å². The Kier molecular flexibility index (Phi) is 5.15. The van der Waals surface area contributed by atoms with Crippen LogP contribution in [-0.2, 0) is 6.54 Å². The summed E-state index contributed by atoms with van der Waals surface area (Å²) in [7, 11) is 2.15. The lowest BCUT2D eigenvalue weighted by Gasteiger charge is -2.25. The Morgan fingerprint density at radius 3 is 2.56 bits per heavy atom. The summed E-state index contributed by atoms with van der Waals surface area (Å²) in [4.78, 5) is 6.73. The fourth-order valence-electron chi connectivity index (χ4n) is 1.88. The Labute approximate surface area is 112 Å². The monoisotopic (exact) mass is 249 g/mol. The molecule has 0 saturated heterocycles. The van der Waals surface area contributed by atoms with E-state index in [1.807, 2.05) is 13.1 Å². The number of aromatic nitrogens is 1. The van der Waals surface area contributed by atoms with E-state index in [9.17, 15) is 0 Å². The smallest absolute Gasteiger partial charge is 0.0442 e. The van der Waals surface area contributed by atoms with Crippen molar-refractivity contribution >= 4 is 5.69 Å². The van der Waals surface area contributed by atoms with Gasteiger partial charge in [0.2, 0.25) is 0 Å². The molecule has 1 aromatic rings. The van der Waals surface area contributed by atoms with E-state index in [2.05, 4.69) is 56.0 Å². The molecule has 3 heteroatoms. The molecule has 1 heterocycles. The standard InChI is InChI=1S/C15H27N3/c1-7-8-18(6)14-9-12(2)16-10-13(14)11-17-15(3,4)5/h9-10,17H,7-8,11H2,1-6H3. The normalized spacial score (nSPS) is 11.7. The molecule has 1 rings (SSSR count). The second-order valence-electron chi connectivity index (χ2n) is 5.98. The lowest BCUT2D eigenvalue weighted by atomic mass is 10.1. The predicted molar refractivity (Wildman–Crippen MR) is 79.1 cm³/mol. The molecule has 18 heavy (non-hydrogen) atoms. The van der Waals surface area contributed by atoms with Gasteiger partial charge in [-0.2, -0.15) is 0 Å². The van der Waals surface area contributed by atoms with Crippen LogP contribution < -0.4 is 10.2 Å². The minimum absolute atomic E-state index is 0.130. The molecule has 0 bridgehead atoms. The summed E-state index contributed by atoms with van der Waals surface area (Å²) >= 11 is 0. The van der Waals surface area contributed by atoms with E-state index < -0.39 is 0 Å². The van der Waals surface area contributed by atoms with Crippen molar-refractivity contribution < 1.29 is 0 Å². The van der Waals surface area contributed by atoms with Crippen molar-refractivity contribution in [3.05, 3.63) is 23.5 Å². The third-order valence-corrected chi connectivity index (χ3v) is 2.88. The van der Waals surface area contributed by atoms with Crippen LogP contribution in [0.2, 0.25) is 0 Å². The van der Waals surface area contributed by atoms with Crippen LogP contribution in [0.4, 0.5) is 5.69 Å². The Morgan fingerprint density at radius 1 is 1.33 bits per heavy atom. The van der Waals surface area contributed by atoms with Gasteiger partial charge < -0.3 is 10.2 Å². The molecular formula is C15H27N3. The SMILES string of the molecule is CCCN(C)c1cc(C)ncc1CNC(C)(C)C. The fraction of sp³-hybridized carbons (Fsp3) is 0.667. The minimum Gasteiger partial charge on any atom is -0.374 e. The van der Waals surface area contributed by atoms with Gasteiger partial charge in [0.25, 0.3) is 0 Å². The summed E-state index contributed by atoms with van der Waals surface area (Å²) in [6.45, 7) is 12.7. The van der Waals surface area contributed by atoms with E-state index in [1.165, 1.54) is 11.3 Å². The quantitative estimate of drug-likeness (QED) is 0.869. The molecule has 0 aliphatic carbocycles. The number of hydrogen-bond donors (Lipinski definition) is 1. The third-order valence-electron chi connectivity index (χ3n) is 2.88. The van der Waals surface area contributed by atoms with Gasteiger partial charge in [0.05, 0.1) is 0 Å². The third kappa shape index (κ3) is 4.65. The maximum Gasteiger partial charge on any atom is 0.0442 e. The van der Waals surface area contributed by atoms with Gasteiger partial charge in [-0.05, 0) is 40.2 Å². The van der Waals surface area contributed by atoms with Crippen LogP contribution in [0.5, 0.6) is 0 Å². The second-order valence-corrected chi connectivity index (χ2v) is 5.98. The van der Waals surface area contributed by atoms with E-state index in [-0.39, 0.29) is 5.54 Å². The summed E-state index contributed by atoms with van der Waals surface area (Å²) in [6, 6.07) is 2.18. The van der Waals surface area contributed by atoms with Gasteiger partial charge in [0.15, 0.2) is 0 Å². The molecule has 0 saturated carbocycles. The first-order valence-corrected chi connectivity index (χ1v) is 6.75. The van der Waals surface area contributed by atoms with Crippen LogP contribution in [-0.4, -0.2) is 24.1 Å². The lowest BCUT2D eigenvalue weighted by molar-refractivity contribution is 0.424. The van der Waals surface area contributed by atoms with Crippen molar-refractivity contribution in [2.24, 2.45) is 0 Å². The van der Waals surface area contributed by atoms with Crippen molar-refractivity contribution in [3.63, 3.8) is 0 Å². The van der Waals surface area contributed by atoms with Crippen molar-refractivity contribution in [3.8, 4) is 0 Å². The molecule has 3 nitrogen and oxygen atoms in total. The molecule has 0 fully saturated rings. The average molecular weight is 249 g/mol. The first-order chi connectivity index (χ1) is 8.33. The zero-order valence-corrected chi connectivity index (χ0v) is 12.7. The summed E-state index contributed by atoms with van der Waals surface area (Å²) < 4.78 is 0. The number of pyridine rings is 1. The Hall–Kier alpha value is -1.09. The lowest BCUT2D eigenvalue weighted by Crippen LogP contribution is -2.35. The first kappa shape index (κ1) is 15.0. The highest BCUT2D eigenvalue weighted by Crippen LogP contribution is 2.20. The molecule has 0 amide bonds. The number of nitrogens with zero attached hydrogens (tertiary/aromatic N) is 2. The van der Waals surface area contributed by atoms with Gasteiger partial charge >= 0.3 is 0 Å². The fourth-order valence-corrected chi connectivity index (χ4v) is 1.88. The van der Waals surface area contributed by atoms with Crippen LogP contribution >= 0.6 is 0 Å². The Balaban J connectivity index is 2.89. The van der Waals surface area contributed by atoms with E-state index >= 15 is 0 Å². The van der Waals surface area contributed by atoms with Crippen molar-refractivity contribution in [1.29, 1.82) is 0 Å². The molecule has 0 aromatic carbocycles. The largest absolute Gasteiger partial charge is 0.374 e. The van der Waals surface area contributed by atoms with E-state index in [0.29, 0.717) is 0 Å². The molecule has 0 atom stereocenters. The van der Waals surface area contributed by atoms with Crippen molar-refractivity contribution in [2.75, 3.05) is 18.5 Å². The number of aryl methyl sites for hydroxylation is 1. The number of nitrogens with one attached hydrogen (secondary N) is 1. The highest BCUT2D eigenvalue weighted by atomic mass is 15.1. The molecule has 0 radical (unpaired) electrons. The molecule has 0 aliphatic rings. The van der Waals surface area contributed by atoms with Crippen molar-refractivity contribution in [1.82, 2.24) is 10.3 Å². The van der Waals surface area contributed by atoms with E-state index in [0.717, 1.165) is 25.2 Å². The Bertz CT molecular complexity index is 380. The maximum atomic E-state index is 4.42. The van der Waals surface area contributed by atoms with E-state index in [4.69, 9.17) is 0 Å². The van der Waals surface area contributed by atoms with Gasteiger partial charge in [-0.25, -0.2) is 0 Å². The summed E-state index contributed by atoms with van der Waals surface area (Å²) in [5.74, 6) is 0. The molecule has 0 aliphatic heterocycles. The van der Waals surface area contributed by atoms with Crippen LogP contribution in [0.25, 0.3) is 0 Å². The van der Waals surface area contributed by atoms with Crippen LogP contribution in [0.1, 0.15) is 45.4 Å². The van der Waals surface area contributed by atoms with Gasteiger partial charge in [-0.3, -0.25) is 4.98 Å². The first-order valence-electron chi connectivity index (χ1n) is 6.75. The summed E-state index contributed by atoms with van der Waals surface area (Å²) in [5.41, 5.74) is 3.77. The van der Waals surface area contributed by atoms with Crippen molar-refractivity contribution in [2.45, 2.75) is 53.1 Å². The molecule has 102 valence electrons. The average Bonchev–Trinajstić information content (AvgIpc) is 2.26. The minimum atomic E-state index is 0.130. The summed E-state index contributed by atoms with van der Waals surface area (Å²) in [6.07, 6.45) is 3.15. The second kappa shape index (κ2) is 6.19. The number of anilines is 1. The highest BCUT2D eigenvalue weighted by molar-refractivity contribution is 5.53. The Morgan fingerprint density at radius 2 is 2.00 bits per heavy atom. The van der Waals surface area contributed by atoms with Crippen LogP contribution in [0, 0.1) is 6.92 Å². The maximum absolute atomic E-state index is 4.42. The number of rotatable bonds is 5. The van der Waals surface area contributed by atoms with E-state index in [1.54, 1.807) is 0 Å². The van der Waals surface area contributed by atoms with Gasteiger partial charge in [-0.15, -0.1) is 0 Å². The molecular weight excluding hydrogens is 222 g/mol. The zero-order chi connectivity index (χ0) is 13.8. The molecule has 0 unspecified atom stereocenters. The van der Waals surface area contributed by atoms with Gasteiger partial charge in [0.1, 0.15) is 0 Å². The van der Waals surface area contributed by atoms with Crippen LogP contribution in [0.3, 0.4) is 0 Å². The predicted octanol–water partition coefficient (Wildman–Crippen LogP) is 3.12. The number of hydrogen-bond acceptors (Lipinski definition) is 3. The van der Waals surface area contributed by atoms with Gasteiger partial charge in [0, 0.05) is 48.8 Å². The van der Waals surface area contributed by atoms with Crippen LogP contribution in [0.15, 0.2) is 12.3 Å². The molecule has 1 N–H and O–H groups in total. The topological polar surface area (TPSA) is 28.2 Å². The zero-order valence-electron chi connectivity index (χ0n) is 12.7. The highest BCUT2D eigenvalue weighted by Gasteiger charge is 2.12. The summed E-state index contributed by atoms with van der Waals surface area (Å²) in [5, 5.41) is 3.53. The molecule has 1 aromatic heterocycles. The molecule has 0 spiro atoms.